The Labute approximate surface area is 126 Å². The number of methoxy groups -OCH3 is 1. The molecule has 0 aromatic heterocycles. The normalized spacial score (nSPS) is 17.4. The molecule has 0 aliphatic carbocycles. The number of likely N-dealkylation sites (N-methyl/N-ethyl adjacent to an activating group) is 1. The van der Waals surface area contributed by atoms with E-state index in [4.69, 9.17) is 28.6 Å². The maximum absolute atomic E-state index is 12.1. The number of hydrogen-bond acceptors (Lipinski definition) is 4. The number of amides is 1. The van der Waals surface area contributed by atoms with Crippen molar-refractivity contribution in [3.8, 4) is 5.75 Å². The number of thiocarbonyl (C=S) groups is 1. The monoisotopic (exact) mass is 313 g/mol. The van der Waals surface area contributed by atoms with Gasteiger partial charge in [-0.25, -0.2) is 0 Å². The Morgan fingerprint density at radius 3 is 2.84 bits per heavy atom. The molecule has 1 aliphatic heterocycles. The van der Waals surface area contributed by atoms with Crippen LogP contribution in [0.5, 0.6) is 5.75 Å². The lowest BCUT2D eigenvalue weighted by molar-refractivity contribution is -0.121. The molecule has 0 radical (unpaired) electrons. The smallest absolute Gasteiger partial charge is 0.266 e. The average Bonchev–Trinajstić information content (AvgIpc) is 2.64. The van der Waals surface area contributed by atoms with Crippen LogP contribution in [0.25, 0.3) is 6.08 Å². The minimum Gasteiger partial charge on any atom is -0.496 e. The van der Waals surface area contributed by atoms with E-state index in [0.29, 0.717) is 26.5 Å². The van der Waals surface area contributed by atoms with Gasteiger partial charge in [0.05, 0.1) is 12.0 Å². The molecule has 1 aromatic carbocycles. The van der Waals surface area contributed by atoms with Crippen molar-refractivity contribution in [2.24, 2.45) is 0 Å². The zero-order valence-electron chi connectivity index (χ0n) is 10.5. The molecule has 2 rings (SSSR count). The van der Waals surface area contributed by atoms with E-state index < -0.39 is 0 Å². The van der Waals surface area contributed by atoms with Gasteiger partial charge in [-0.15, -0.1) is 0 Å². The fourth-order valence-corrected chi connectivity index (χ4v) is 3.29. The maximum atomic E-state index is 12.1. The highest BCUT2D eigenvalue weighted by Gasteiger charge is 2.30. The molecule has 0 atom stereocenters. The number of hydrogen-bond donors (Lipinski definition) is 0. The summed E-state index contributed by atoms with van der Waals surface area (Å²) in [5, 5.41) is 0.595. The third-order valence-electron chi connectivity index (χ3n) is 2.67. The molecule has 0 saturated carbocycles. The van der Waals surface area contributed by atoms with Gasteiger partial charge < -0.3 is 4.74 Å². The van der Waals surface area contributed by atoms with Crippen LogP contribution in [0.2, 0.25) is 5.02 Å². The topological polar surface area (TPSA) is 29.5 Å². The SMILES string of the molecule is CCN1C(=O)C(=Cc2cc(Cl)ccc2OC)SC1=S. The van der Waals surface area contributed by atoms with Crippen LogP contribution in [0.4, 0.5) is 0 Å². The lowest BCUT2D eigenvalue weighted by atomic mass is 10.2. The molecule has 1 heterocycles. The van der Waals surface area contributed by atoms with E-state index >= 15 is 0 Å². The van der Waals surface area contributed by atoms with Crippen molar-refractivity contribution < 1.29 is 9.53 Å². The second-order valence-electron chi connectivity index (χ2n) is 3.81. The molecule has 1 aliphatic rings. The van der Waals surface area contributed by atoms with Crippen molar-refractivity contribution >= 4 is 51.9 Å². The van der Waals surface area contributed by atoms with Gasteiger partial charge in [0.25, 0.3) is 5.91 Å². The molecule has 1 aromatic rings. The molecular formula is C13H12ClNO2S2. The van der Waals surface area contributed by atoms with Crippen LogP contribution in [0.1, 0.15) is 12.5 Å². The first-order chi connectivity index (χ1) is 9.06. The van der Waals surface area contributed by atoms with Crippen LogP contribution in [0.15, 0.2) is 23.1 Å². The summed E-state index contributed by atoms with van der Waals surface area (Å²) in [4.78, 5) is 14.3. The number of carbonyl (C=O) groups is 1. The molecule has 0 bridgehead atoms. The zero-order chi connectivity index (χ0) is 14.0. The summed E-state index contributed by atoms with van der Waals surface area (Å²) in [5.41, 5.74) is 0.770. The van der Waals surface area contributed by atoms with Crippen molar-refractivity contribution in [3.05, 3.63) is 33.7 Å². The Kier molecular flexibility index (Phi) is 4.50. The van der Waals surface area contributed by atoms with E-state index in [2.05, 4.69) is 0 Å². The van der Waals surface area contributed by atoms with Gasteiger partial charge in [-0.3, -0.25) is 9.69 Å². The average molecular weight is 314 g/mol. The third-order valence-corrected chi connectivity index (χ3v) is 4.28. The summed E-state index contributed by atoms with van der Waals surface area (Å²) in [6.07, 6.45) is 1.76. The first-order valence-electron chi connectivity index (χ1n) is 5.65. The van der Waals surface area contributed by atoms with E-state index in [1.807, 2.05) is 6.92 Å². The van der Waals surface area contributed by atoms with E-state index in [0.717, 1.165) is 5.56 Å². The zero-order valence-corrected chi connectivity index (χ0v) is 12.9. The van der Waals surface area contributed by atoms with Gasteiger partial charge in [-0.1, -0.05) is 35.6 Å². The number of thioether (sulfide) groups is 1. The van der Waals surface area contributed by atoms with E-state index in [1.165, 1.54) is 11.8 Å². The Morgan fingerprint density at radius 1 is 1.53 bits per heavy atom. The predicted molar refractivity (Wildman–Crippen MR) is 83.6 cm³/mol. The van der Waals surface area contributed by atoms with Gasteiger partial charge >= 0.3 is 0 Å². The molecule has 19 heavy (non-hydrogen) atoms. The van der Waals surface area contributed by atoms with Crippen LogP contribution in [0, 0.1) is 0 Å². The number of halogens is 1. The summed E-state index contributed by atoms with van der Waals surface area (Å²) in [7, 11) is 1.58. The van der Waals surface area contributed by atoms with Crippen LogP contribution in [-0.2, 0) is 4.79 Å². The van der Waals surface area contributed by atoms with E-state index in [1.54, 1.807) is 36.3 Å². The molecule has 0 N–H and O–H groups in total. The number of nitrogens with zero attached hydrogens (tertiary/aromatic N) is 1. The molecule has 3 nitrogen and oxygen atoms in total. The van der Waals surface area contributed by atoms with Crippen molar-refractivity contribution in [2.45, 2.75) is 6.92 Å². The van der Waals surface area contributed by atoms with Gasteiger partial charge in [-0.05, 0) is 31.2 Å². The summed E-state index contributed by atoms with van der Waals surface area (Å²) >= 11 is 12.4. The fourth-order valence-electron chi connectivity index (χ4n) is 1.73. The van der Waals surface area contributed by atoms with Gasteiger partial charge in [-0.2, -0.15) is 0 Å². The van der Waals surface area contributed by atoms with Crippen molar-refractivity contribution in [1.82, 2.24) is 4.90 Å². The maximum Gasteiger partial charge on any atom is 0.266 e. The van der Waals surface area contributed by atoms with Crippen LogP contribution < -0.4 is 4.74 Å². The van der Waals surface area contributed by atoms with E-state index in [-0.39, 0.29) is 5.91 Å². The molecule has 1 fully saturated rings. The lowest BCUT2D eigenvalue weighted by Crippen LogP contribution is -2.27. The quantitative estimate of drug-likeness (QED) is 0.630. The predicted octanol–water partition coefficient (Wildman–Crippen LogP) is 3.57. The highest BCUT2D eigenvalue weighted by molar-refractivity contribution is 8.26. The van der Waals surface area contributed by atoms with Crippen molar-refractivity contribution in [3.63, 3.8) is 0 Å². The number of carbonyl (C=O) groups excluding carboxylic acids is 1. The minimum atomic E-state index is -0.0699. The Hall–Kier alpha value is -1.04. The largest absolute Gasteiger partial charge is 0.496 e. The highest BCUT2D eigenvalue weighted by Crippen LogP contribution is 2.34. The van der Waals surface area contributed by atoms with Crippen molar-refractivity contribution in [2.75, 3.05) is 13.7 Å². The third kappa shape index (κ3) is 2.94. The van der Waals surface area contributed by atoms with Gasteiger partial charge in [0, 0.05) is 17.1 Å². The molecular weight excluding hydrogens is 302 g/mol. The summed E-state index contributed by atoms with van der Waals surface area (Å²) in [6, 6.07) is 5.28. The molecule has 100 valence electrons. The molecule has 1 amide bonds. The lowest BCUT2D eigenvalue weighted by Gasteiger charge is -2.09. The summed E-state index contributed by atoms with van der Waals surface area (Å²) in [6.45, 7) is 2.47. The number of rotatable bonds is 3. The van der Waals surface area contributed by atoms with Gasteiger partial charge in [0.2, 0.25) is 0 Å². The van der Waals surface area contributed by atoms with Crippen LogP contribution >= 0.6 is 35.6 Å². The fraction of sp³-hybridized carbons (Fsp3) is 0.231. The molecule has 6 heteroatoms. The first kappa shape index (κ1) is 14.4. The van der Waals surface area contributed by atoms with Crippen LogP contribution in [0.3, 0.4) is 0 Å². The van der Waals surface area contributed by atoms with Crippen LogP contribution in [-0.4, -0.2) is 28.8 Å². The number of ether oxygens (including phenoxy) is 1. The molecule has 0 spiro atoms. The van der Waals surface area contributed by atoms with Gasteiger partial charge in [0.15, 0.2) is 0 Å². The summed E-state index contributed by atoms with van der Waals surface area (Å²) in [5.74, 6) is 0.602. The van der Waals surface area contributed by atoms with Gasteiger partial charge in [0.1, 0.15) is 10.1 Å². The second-order valence-corrected chi connectivity index (χ2v) is 5.92. The highest BCUT2D eigenvalue weighted by atomic mass is 35.5. The Balaban J connectivity index is 2.40. The van der Waals surface area contributed by atoms with Crippen molar-refractivity contribution in [1.29, 1.82) is 0 Å². The van der Waals surface area contributed by atoms with E-state index in [9.17, 15) is 4.79 Å². The minimum absolute atomic E-state index is 0.0699. The Bertz CT molecular complexity index is 572. The first-order valence-corrected chi connectivity index (χ1v) is 7.26. The molecule has 0 unspecified atom stereocenters. The Morgan fingerprint density at radius 2 is 2.26 bits per heavy atom. The number of benzene rings is 1. The standard InChI is InChI=1S/C13H12ClNO2S2/c1-3-15-12(16)11(19-13(15)18)7-8-6-9(14)4-5-10(8)17-2/h4-7H,3H2,1-2H3. The summed E-state index contributed by atoms with van der Waals surface area (Å²) < 4.78 is 5.84. The second kappa shape index (κ2) is 5.94. The molecule has 1 saturated heterocycles.